The summed E-state index contributed by atoms with van der Waals surface area (Å²) in [6.07, 6.45) is 16.1. The van der Waals surface area contributed by atoms with Crippen LogP contribution in [-0.4, -0.2) is 55.4 Å². The second-order valence-corrected chi connectivity index (χ2v) is 12.7. The second-order valence-electron chi connectivity index (χ2n) is 12.7. The maximum absolute atomic E-state index is 10.9. The molecule has 5 heteroatoms. The third-order valence-corrected chi connectivity index (χ3v) is 7.78. The number of hydrogen-bond donors (Lipinski definition) is 1. The molecule has 0 aliphatic carbocycles. The number of benzene rings is 2. The van der Waals surface area contributed by atoms with Crippen LogP contribution in [0.2, 0.25) is 0 Å². The summed E-state index contributed by atoms with van der Waals surface area (Å²) in [6, 6.07) is 15.1. The molecule has 0 aliphatic rings. The number of phenols is 1. The summed E-state index contributed by atoms with van der Waals surface area (Å²) in [5.41, 5.74) is 4.60. The van der Waals surface area contributed by atoms with Crippen LogP contribution in [0.4, 0.5) is 0 Å². The molecule has 0 atom stereocenters. The maximum Gasteiger partial charge on any atom is 0.123 e. The summed E-state index contributed by atoms with van der Waals surface area (Å²) in [4.78, 5) is 0. The van der Waals surface area contributed by atoms with Gasteiger partial charge in [-0.25, -0.2) is 0 Å². The average Bonchev–Trinajstić information content (AvgIpc) is 2.84. The van der Waals surface area contributed by atoms with Gasteiger partial charge in [0.15, 0.2) is 0 Å². The zero-order chi connectivity index (χ0) is 27.2. The predicted molar refractivity (Wildman–Crippen MR) is 162 cm³/mol. The topological polar surface area (TPSA) is 20.2 Å². The number of hydrogen-bond acceptors (Lipinski definition) is 1. The van der Waals surface area contributed by atoms with E-state index in [0.29, 0.717) is 5.75 Å². The third kappa shape index (κ3) is 15.4. The molecule has 0 aliphatic heterocycles. The first kappa shape index (κ1) is 37.7. The van der Waals surface area contributed by atoms with Gasteiger partial charge in [-0.15, -0.1) is 0 Å². The average molecular weight is 582 g/mol. The van der Waals surface area contributed by atoms with Crippen molar-refractivity contribution in [2.24, 2.45) is 0 Å². The van der Waals surface area contributed by atoms with E-state index in [1.165, 1.54) is 101 Å². The molecule has 2 aromatic rings. The van der Waals surface area contributed by atoms with Crippen molar-refractivity contribution in [3.8, 4) is 16.9 Å². The maximum atomic E-state index is 10.9. The van der Waals surface area contributed by atoms with E-state index in [0.717, 1.165) is 33.2 Å². The Morgan fingerprint density at radius 2 is 0.949 bits per heavy atom. The lowest BCUT2D eigenvalue weighted by Crippen LogP contribution is -3.00. The number of unbranched alkanes of at least 4 members (excludes halogenated alkanes) is 10. The van der Waals surface area contributed by atoms with E-state index in [4.69, 9.17) is 0 Å². The Bertz CT molecular complexity index is 897. The molecule has 0 aromatic heterocycles. The lowest BCUT2D eigenvalue weighted by molar-refractivity contribution is -0.903. The van der Waals surface area contributed by atoms with Crippen molar-refractivity contribution in [2.75, 3.05) is 41.3 Å². The van der Waals surface area contributed by atoms with Crippen molar-refractivity contribution in [3.05, 3.63) is 53.6 Å². The summed E-state index contributed by atoms with van der Waals surface area (Å²) < 4.78 is 1.99. The molecule has 0 saturated carbocycles. The van der Waals surface area contributed by atoms with E-state index in [2.05, 4.69) is 78.4 Å². The number of quaternary nitrogens is 2. The van der Waals surface area contributed by atoms with E-state index < -0.39 is 0 Å². The molecule has 0 fully saturated rings. The van der Waals surface area contributed by atoms with Crippen LogP contribution >= 0.6 is 0 Å². The highest BCUT2D eigenvalue weighted by Gasteiger charge is 2.18. The van der Waals surface area contributed by atoms with E-state index in [9.17, 15) is 5.11 Å². The molecule has 0 unspecified atom stereocenters. The van der Waals surface area contributed by atoms with Gasteiger partial charge in [-0.2, -0.15) is 0 Å². The van der Waals surface area contributed by atoms with Crippen LogP contribution in [-0.2, 0) is 13.1 Å². The fourth-order valence-corrected chi connectivity index (χ4v) is 5.50. The molecule has 2 aromatic carbocycles. The Balaban J connectivity index is 0.00000722. The van der Waals surface area contributed by atoms with Gasteiger partial charge >= 0.3 is 0 Å². The molecule has 3 nitrogen and oxygen atoms in total. The Morgan fingerprint density at radius 3 is 1.41 bits per heavy atom. The molecule has 0 bridgehead atoms. The fraction of sp³-hybridized carbons (Fsp3) is 0.647. The monoisotopic (exact) mass is 580 g/mol. The molecule has 39 heavy (non-hydrogen) atoms. The highest BCUT2D eigenvalue weighted by atomic mass is 35.5. The van der Waals surface area contributed by atoms with Gasteiger partial charge in [-0.3, -0.25) is 0 Å². The highest BCUT2D eigenvalue weighted by molar-refractivity contribution is 5.70. The van der Waals surface area contributed by atoms with E-state index >= 15 is 0 Å². The van der Waals surface area contributed by atoms with Gasteiger partial charge < -0.3 is 38.9 Å². The normalized spacial score (nSPS) is 11.6. The van der Waals surface area contributed by atoms with Crippen LogP contribution in [0.25, 0.3) is 11.1 Å². The highest BCUT2D eigenvalue weighted by Crippen LogP contribution is 2.31. The zero-order valence-corrected chi connectivity index (χ0v) is 27.5. The zero-order valence-electron chi connectivity index (χ0n) is 26.0. The van der Waals surface area contributed by atoms with Gasteiger partial charge in [0.1, 0.15) is 18.8 Å². The van der Waals surface area contributed by atoms with Gasteiger partial charge in [-0.1, -0.05) is 102 Å². The third-order valence-electron chi connectivity index (χ3n) is 7.78. The Morgan fingerprint density at radius 1 is 0.538 bits per heavy atom. The minimum Gasteiger partial charge on any atom is -1.00 e. The van der Waals surface area contributed by atoms with Gasteiger partial charge in [0.25, 0.3) is 0 Å². The molecule has 0 saturated heterocycles. The smallest absolute Gasteiger partial charge is 0.123 e. The summed E-state index contributed by atoms with van der Waals surface area (Å²) in [5.74, 6) is 0.393. The number of rotatable bonds is 19. The molecule has 1 N–H and O–H groups in total. The first-order valence-corrected chi connectivity index (χ1v) is 15.2. The lowest BCUT2D eigenvalue weighted by atomic mass is 10.0. The molecule has 0 spiro atoms. The second kappa shape index (κ2) is 19.8. The summed E-state index contributed by atoms with van der Waals surface area (Å²) in [5, 5.41) is 10.9. The minimum absolute atomic E-state index is 0. The van der Waals surface area contributed by atoms with Crippen molar-refractivity contribution in [1.82, 2.24) is 0 Å². The Hall–Kier alpha value is -1.26. The number of nitrogens with zero attached hydrogens (tertiary/aromatic N) is 2. The number of halogens is 2. The van der Waals surface area contributed by atoms with Crippen molar-refractivity contribution in [3.63, 3.8) is 0 Å². The van der Waals surface area contributed by atoms with Crippen LogP contribution in [0.3, 0.4) is 0 Å². The first-order valence-electron chi connectivity index (χ1n) is 15.2. The predicted octanol–water partition coefficient (Wildman–Crippen LogP) is 2.94. The van der Waals surface area contributed by atoms with Gasteiger partial charge in [0.2, 0.25) is 0 Å². The quantitative estimate of drug-likeness (QED) is 0.200. The molecule has 0 radical (unpaired) electrons. The minimum atomic E-state index is 0. The first-order chi connectivity index (χ1) is 17.7. The van der Waals surface area contributed by atoms with E-state index in [-0.39, 0.29) is 24.8 Å². The van der Waals surface area contributed by atoms with Crippen LogP contribution in [0.15, 0.2) is 42.5 Å². The van der Waals surface area contributed by atoms with Crippen LogP contribution in [0.5, 0.6) is 5.75 Å². The number of aromatic hydroxyl groups is 1. The summed E-state index contributed by atoms with van der Waals surface area (Å²) in [6.45, 7) is 8.96. The summed E-state index contributed by atoms with van der Waals surface area (Å²) in [7, 11) is 9.30. The molecule has 224 valence electrons. The molecule has 0 heterocycles. The van der Waals surface area contributed by atoms with Crippen LogP contribution in [0, 0.1) is 0 Å². The largest absolute Gasteiger partial charge is 1.00 e. The summed E-state index contributed by atoms with van der Waals surface area (Å²) >= 11 is 0. The van der Waals surface area contributed by atoms with Gasteiger partial charge in [0, 0.05) is 16.7 Å². The van der Waals surface area contributed by atoms with Crippen LogP contribution in [0.1, 0.15) is 102 Å². The fourth-order valence-electron chi connectivity index (χ4n) is 5.50. The number of phenolic OH excluding ortho intramolecular Hbond substituents is 1. The Labute approximate surface area is 254 Å². The van der Waals surface area contributed by atoms with E-state index in [1.807, 2.05) is 6.07 Å². The van der Waals surface area contributed by atoms with Crippen molar-refractivity contribution in [2.45, 2.75) is 104 Å². The van der Waals surface area contributed by atoms with Gasteiger partial charge in [-0.05, 0) is 37.3 Å². The molecular formula is C34H58Cl2N2O. The lowest BCUT2D eigenvalue weighted by Gasteiger charge is -2.30. The van der Waals surface area contributed by atoms with E-state index in [1.54, 1.807) is 0 Å². The molecule has 0 amide bonds. The molecular weight excluding hydrogens is 523 g/mol. The SMILES string of the molecule is CCCCCCCC[N+](C)(C)Cc1ccc(-c2ccc(C[N+](C)(C)CCCCCCCC)cc2O)cc1.[Cl-].[Cl-]. The molecule has 2 rings (SSSR count). The standard InChI is InChI=1S/C34H57N2O.2ClH/c1-7-9-11-13-15-17-25-35(3,4)28-30-19-22-32(23-20-30)33-24-21-31(27-34(33)37)29-36(5,6)26-18-16-14-12-10-8-2;;/h19-24,27H,7-18,25-26,28-29H2,1-6H3;2*1H/q+1;;/p-1. The van der Waals surface area contributed by atoms with Crippen molar-refractivity contribution >= 4 is 0 Å². The van der Waals surface area contributed by atoms with Crippen molar-refractivity contribution in [1.29, 1.82) is 0 Å². The van der Waals surface area contributed by atoms with Crippen LogP contribution < -0.4 is 24.8 Å². The Kier molecular flexibility index (Phi) is 19.1. The van der Waals surface area contributed by atoms with Crippen molar-refractivity contribution < 1.29 is 38.9 Å². The van der Waals surface area contributed by atoms with Gasteiger partial charge in [0.05, 0.1) is 41.3 Å².